The molecular formula is C17H18N2O7. The number of rotatable bonds is 4. The van der Waals surface area contributed by atoms with Crippen LogP contribution in [0, 0.1) is 22.0 Å². The topological polar surface area (TPSA) is 128 Å². The number of hydrogen-bond donors (Lipinski definition) is 1. The lowest BCUT2D eigenvalue weighted by molar-refractivity contribution is -0.385. The standard InChI is InChI=1S/C17H18N2O7/c1-3-25-15(20)12-9(2)18-17(22)8-26-16(21)14(17)13(12)10-5-4-6-11(7-10)19(23)24/h4-7,12-14,22H,3,8H2,1-2H3. The smallest absolute Gasteiger partial charge is 0.315 e. The Hall–Kier alpha value is -2.81. The first-order valence-corrected chi connectivity index (χ1v) is 8.15. The molecule has 0 radical (unpaired) electrons. The number of cyclic esters (lactones) is 1. The number of carbonyl (C=O) groups excluding carboxylic acids is 2. The molecule has 4 atom stereocenters. The third-order valence-corrected chi connectivity index (χ3v) is 4.72. The van der Waals surface area contributed by atoms with E-state index in [0.29, 0.717) is 5.56 Å². The number of fused-ring (bicyclic) bond motifs is 1. The van der Waals surface area contributed by atoms with Gasteiger partial charge < -0.3 is 14.6 Å². The van der Waals surface area contributed by atoms with Crippen LogP contribution < -0.4 is 0 Å². The summed E-state index contributed by atoms with van der Waals surface area (Å²) < 4.78 is 10.1. The van der Waals surface area contributed by atoms with Crippen molar-refractivity contribution in [1.82, 2.24) is 0 Å². The highest BCUT2D eigenvalue weighted by atomic mass is 16.6. The number of nitrogens with zero attached hydrogens (tertiary/aromatic N) is 2. The molecule has 1 saturated heterocycles. The van der Waals surface area contributed by atoms with Crippen LogP contribution in [0.3, 0.4) is 0 Å². The lowest BCUT2D eigenvalue weighted by Gasteiger charge is -2.38. The van der Waals surface area contributed by atoms with Gasteiger partial charge in [0.1, 0.15) is 18.4 Å². The zero-order valence-electron chi connectivity index (χ0n) is 14.2. The SMILES string of the molecule is CCOC(=O)C1C(C)=NC2(O)COC(=O)C2C1c1cccc([N+](=O)[O-])c1. The Bertz CT molecular complexity index is 806. The molecule has 0 aliphatic carbocycles. The molecule has 0 aromatic heterocycles. The average Bonchev–Trinajstić information content (AvgIpc) is 2.88. The van der Waals surface area contributed by atoms with Gasteiger partial charge in [-0.3, -0.25) is 24.7 Å². The van der Waals surface area contributed by atoms with E-state index in [-0.39, 0.29) is 24.6 Å². The van der Waals surface area contributed by atoms with Crippen LogP contribution in [0.2, 0.25) is 0 Å². The zero-order chi connectivity index (χ0) is 19.1. The lowest BCUT2D eigenvalue weighted by Crippen LogP contribution is -2.50. The summed E-state index contributed by atoms with van der Waals surface area (Å²) in [6.45, 7) is 3.01. The van der Waals surface area contributed by atoms with E-state index in [4.69, 9.17) is 9.47 Å². The molecular weight excluding hydrogens is 344 g/mol. The van der Waals surface area contributed by atoms with Crippen LogP contribution in [0.4, 0.5) is 5.69 Å². The summed E-state index contributed by atoms with van der Waals surface area (Å²) in [6, 6.07) is 5.65. The maximum absolute atomic E-state index is 12.5. The average molecular weight is 362 g/mol. The molecule has 4 unspecified atom stereocenters. The second-order valence-electron chi connectivity index (χ2n) is 6.32. The largest absolute Gasteiger partial charge is 0.465 e. The van der Waals surface area contributed by atoms with Crippen molar-refractivity contribution in [2.75, 3.05) is 13.2 Å². The highest BCUT2D eigenvalue weighted by Gasteiger charge is 2.60. The predicted molar refractivity (Wildman–Crippen MR) is 88.5 cm³/mol. The Morgan fingerprint density at radius 2 is 2.27 bits per heavy atom. The van der Waals surface area contributed by atoms with Crippen molar-refractivity contribution in [3.05, 3.63) is 39.9 Å². The number of carbonyl (C=O) groups is 2. The number of aliphatic hydroxyl groups is 1. The molecule has 26 heavy (non-hydrogen) atoms. The molecule has 1 fully saturated rings. The summed E-state index contributed by atoms with van der Waals surface area (Å²) in [4.78, 5) is 39.5. The van der Waals surface area contributed by atoms with Gasteiger partial charge in [0, 0.05) is 23.8 Å². The number of non-ortho nitro benzene ring substituents is 1. The third-order valence-electron chi connectivity index (χ3n) is 4.72. The molecule has 138 valence electrons. The van der Waals surface area contributed by atoms with E-state index in [1.54, 1.807) is 19.9 Å². The summed E-state index contributed by atoms with van der Waals surface area (Å²) in [5.74, 6) is -4.29. The number of nitro groups is 1. The monoisotopic (exact) mass is 362 g/mol. The van der Waals surface area contributed by atoms with Crippen LogP contribution in [0.25, 0.3) is 0 Å². The molecule has 2 aliphatic rings. The van der Waals surface area contributed by atoms with Gasteiger partial charge in [0.15, 0.2) is 0 Å². The minimum Gasteiger partial charge on any atom is -0.465 e. The van der Waals surface area contributed by atoms with E-state index in [2.05, 4.69) is 4.99 Å². The van der Waals surface area contributed by atoms with E-state index in [9.17, 15) is 24.8 Å². The van der Waals surface area contributed by atoms with E-state index < -0.39 is 40.3 Å². The number of esters is 2. The van der Waals surface area contributed by atoms with E-state index in [1.807, 2.05) is 0 Å². The maximum atomic E-state index is 12.5. The summed E-state index contributed by atoms with van der Waals surface area (Å²) in [5.41, 5.74) is -1.33. The normalized spacial score (nSPS) is 30.2. The Kier molecular flexibility index (Phi) is 4.49. The molecule has 0 spiro atoms. The summed E-state index contributed by atoms with van der Waals surface area (Å²) in [6.07, 6.45) is 0. The van der Waals surface area contributed by atoms with E-state index in [1.165, 1.54) is 18.2 Å². The second kappa shape index (κ2) is 6.49. The minimum absolute atomic E-state index is 0.129. The maximum Gasteiger partial charge on any atom is 0.315 e. The third kappa shape index (κ3) is 2.84. The molecule has 1 aromatic carbocycles. The number of hydrogen-bond acceptors (Lipinski definition) is 8. The molecule has 2 aliphatic heterocycles. The van der Waals surface area contributed by atoms with Crippen LogP contribution in [-0.2, 0) is 19.1 Å². The highest BCUT2D eigenvalue weighted by Crippen LogP contribution is 2.48. The van der Waals surface area contributed by atoms with Gasteiger partial charge in [0.2, 0.25) is 5.72 Å². The van der Waals surface area contributed by atoms with Crippen molar-refractivity contribution in [2.45, 2.75) is 25.5 Å². The fourth-order valence-corrected chi connectivity index (χ4v) is 3.69. The van der Waals surface area contributed by atoms with Crippen molar-refractivity contribution in [3.8, 4) is 0 Å². The Morgan fingerprint density at radius 3 is 2.92 bits per heavy atom. The molecule has 1 aromatic rings. The first-order chi connectivity index (χ1) is 12.3. The van der Waals surface area contributed by atoms with Crippen molar-refractivity contribution in [1.29, 1.82) is 0 Å². The molecule has 2 heterocycles. The second-order valence-corrected chi connectivity index (χ2v) is 6.32. The van der Waals surface area contributed by atoms with E-state index in [0.717, 1.165) is 0 Å². The number of nitro benzene ring substituents is 1. The molecule has 3 rings (SSSR count). The molecule has 0 amide bonds. The zero-order valence-corrected chi connectivity index (χ0v) is 14.2. The molecule has 0 bridgehead atoms. The fraction of sp³-hybridized carbons (Fsp3) is 0.471. The summed E-state index contributed by atoms with van der Waals surface area (Å²) in [7, 11) is 0. The quantitative estimate of drug-likeness (QED) is 0.484. The number of aliphatic imine (C=N–C) groups is 1. The van der Waals surface area contributed by atoms with Gasteiger partial charge in [-0.1, -0.05) is 12.1 Å². The van der Waals surface area contributed by atoms with Gasteiger partial charge in [-0.05, 0) is 19.4 Å². The molecule has 1 N–H and O–H groups in total. The number of ether oxygens (including phenoxy) is 2. The van der Waals surface area contributed by atoms with Crippen molar-refractivity contribution in [2.24, 2.45) is 16.8 Å². The van der Waals surface area contributed by atoms with E-state index >= 15 is 0 Å². The summed E-state index contributed by atoms with van der Waals surface area (Å²) >= 11 is 0. The van der Waals surface area contributed by atoms with Gasteiger partial charge in [0.25, 0.3) is 5.69 Å². The Labute approximate surface area is 148 Å². The van der Waals surface area contributed by atoms with Gasteiger partial charge in [-0.25, -0.2) is 0 Å². The number of benzene rings is 1. The van der Waals surface area contributed by atoms with Crippen molar-refractivity contribution < 1.29 is 29.1 Å². The minimum atomic E-state index is -1.81. The van der Waals surface area contributed by atoms with Crippen LogP contribution in [0.5, 0.6) is 0 Å². The van der Waals surface area contributed by atoms with Crippen LogP contribution >= 0.6 is 0 Å². The highest BCUT2D eigenvalue weighted by molar-refractivity contribution is 6.04. The van der Waals surface area contributed by atoms with Crippen molar-refractivity contribution >= 4 is 23.3 Å². The first-order valence-electron chi connectivity index (χ1n) is 8.15. The van der Waals surface area contributed by atoms with Gasteiger partial charge in [0.05, 0.1) is 11.5 Å². The lowest BCUT2D eigenvalue weighted by atomic mass is 9.69. The molecule has 0 saturated carbocycles. The Morgan fingerprint density at radius 1 is 1.54 bits per heavy atom. The Balaban J connectivity index is 2.17. The van der Waals surface area contributed by atoms with Gasteiger partial charge >= 0.3 is 11.9 Å². The van der Waals surface area contributed by atoms with Crippen molar-refractivity contribution in [3.63, 3.8) is 0 Å². The first kappa shape index (κ1) is 18.0. The van der Waals surface area contributed by atoms with Crippen LogP contribution in [0.1, 0.15) is 25.3 Å². The van der Waals surface area contributed by atoms with Gasteiger partial charge in [-0.15, -0.1) is 0 Å². The van der Waals surface area contributed by atoms with Crippen LogP contribution in [-0.4, -0.2) is 46.6 Å². The van der Waals surface area contributed by atoms with Gasteiger partial charge in [-0.2, -0.15) is 0 Å². The summed E-state index contributed by atoms with van der Waals surface area (Å²) in [5, 5.41) is 21.9. The molecule has 9 nitrogen and oxygen atoms in total. The van der Waals surface area contributed by atoms with Crippen LogP contribution in [0.15, 0.2) is 29.3 Å². The molecule has 9 heteroatoms. The fourth-order valence-electron chi connectivity index (χ4n) is 3.69. The predicted octanol–water partition coefficient (Wildman–Crippen LogP) is 1.19.